The van der Waals surface area contributed by atoms with Crippen LogP contribution in [0.1, 0.15) is 32.3 Å². The molecule has 0 saturated carbocycles. The summed E-state index contributed by atoms with van der Waals surface area (Å²) in [7, 11) is 0. The summed E-state index contributed by atoms with van der Waals surface area (Å²) in [6.07, 6.45) is 2.27. The molecule has 0 amide bonds. The molecule has 0 atom stereocenters. The molecule has 0 N–H and O–H groups in total. The third-order valence-corrected chi connectivity index (χ3v) is 2.93. The van der Waals surface area contributed by atoms with Gasteiger partial charge in [-0.05, 0) is 52.4 Å². The first-order valence-electron chi connectivity index (χ1n) is 5.61. The highest BCUT2D eigenvalue weighted by molar-refractivity contribution is 9.10. The molecule has 3 heteroatoms. The Bertz CT molecular complexity index is 326. The first kappa shape index (κ1) is 13.7. The zero-order valence-electron chi connectivity index (χ0n) is 9.80. The Balaban J connectivity index is 2.24. The van der Waals surface area contributed by atoms with Crippen molar-refractivity contribution in [2.45, 2.75) is 33.3 Å². The minimum atomic E-state index is -0.233. The van der Waals surface area contributed by atoms with Crippen LogP contribution in [0.5, 0.6) is 0 Å². The van der Waals surface area contributed by atoms with Gasteiger partial charge in [-0.3, -0.25) is 0 Å². The zero-order valence-corrected chi connectivity index (χ0v) is 11.4. The van der Waals surface area contributed by atoms with E-state index in [-0.39, 0.29) is 5.82 Å². The number of halogens is 2. The molecule has 16 heavy (non-hydrogen) atoms. The summed E-state index contributed by atoms with van der Waals surface area (Å²) in [6.45, 7) is 5.73. The molecule has 0 heterocycles. The second kappa shape index (κ2) is 7.02. The Hall–Kier alpha value is -0.410. The van der Waals surface area contributed by atoms with Crippen molar-refractivity contribution in [1.82, 2.24) is 0 Å². The molecular weight excluding hydrogens is 271 g/mol. The molecule has 0 saturated heterocycles. The first-order valence-corrected chi connectivity index (χ1v) is 6.40. The Morgan fingerprint density at radius 1 is 1.38 bits per heavy atom. The van der Waals surface area contributed by atoms with E-state index < -0.39 is 0 Å². The van der Waals surface area contributed by atoms with E-state index in [0.29, 0.717) is 11.1 Å². The molecule has 0 unspecified atom stereocenters. The van der Waals surface area contributed by atoms with E-state index in [2.05, 4.69) is 29.8 Å². The largest absolute Gasteiger partial charge is 0.377 e. The summed E-state index contributed by atoms with van der Waals surface area (Å²) >= 11 is 3.16. The van der Waals surface area contributed by atoms with Gasteiger partial charge in [0.05, 0.1) is 11.1 Å². The first-order chi connectivity index (χ1) is 7.59. The molecule has 0 radical (unpaired) electrons. The molecule has 0 bridgehead atoms. The Kier molecular flexibility index (Phi) is 5.99. The molecule has 1 rings (SSSR count). The SMILES string of the molecule is CC(C)CCCOCc1ccc(F)c(Br)c1. The predicted octanol–water partition coefficient (Wildman–Crippen LogP) is 4.54. The van der Waals surface area contributed by atoms with Crippen molar-refractivity contribution in [2.75, 3.05) is 6.61 Å². The van der Waals surface area contributed by atoms with E-state index in [9.17, 15) is 4.39 Å². The van der Waals surface area contributed by atoms with E-state index in [1.165, 1.54) is 12.5 Å². The molecule has 90 valence electrons. The summed E-state index contributed by atoms with van der Waals surface area (Å²) in [5.74, 6) is 0.493. The van der Waals surface area contributed by atoms with Crippen molar-refractivity contribution >= 4 is 15.9 Å². The van der Waals surface area contributed by atoms with Gasteiger partial charge in [-0.2, -0.15) is 0 Å². The maximum atomic E-state index is 12.9. The molecule has 0 aromatic heterocycles. The molecule has 1 nitrogen and oxygen atoms in total. The van der Waals surface area contributed by atoms with Gasteiger partial charge in [0, 0.05) is 6.61 Å². The maximum absolute atomic E-state index is 12.9. The van der Waals surface area contributed by atoms with Crippen LogP contribution >= 0.6 is 15.9 Å². The van der Waals surface area contributed by atoms with Crippen LogP contribution in [0.3, 0.4) is 0 Å². The van der Waals surface area contributed by atoms with E-state index >= 15 is 0 Å². The number of benzene rings is 1. The molecule has 0 aliphatic heterocycles. The summed E-state index contributed by atoms with van der Waals surface area (Å²) in [5, 5.41) is 0. The van der Waals surface area contributed by atoms with Crippen LogP contribution in [-0.4, -0.2) is 6.61 Å². The summed E-state index contributed by atoms with van der Waals surface area (Å²) in [4.78, 5) is 0. The number of ether oxygens (including phenoxy) is 1. The van der Waals surface area contributed by atoms with Gasteiger partial charge in [-0.25, -0.2) is 4.39 Å². The molecule has 0 aliphatic carbocycles. The highest BCUT2D eigenvalue weighted by atomic mass is 79.9. The fourth-order valence-corrected chi connectivity index (χ4v) is 1.84. The van der Waals surface area contributed by atoms with Crippen LogP contribution < -0.4 is 0 Å². The summed E-state index contributed by atoms with van der Waals surface area (Å²) in [6, 6.07) is 4.97. The van der Waals surface area contributed by atoms with Gasteiger partial charge in [0.25, 0.3) is 0 Å². The molecule has 0 spiro atoms. The summed E-state index contributed by atoms with van der Waals surface area (Å²) < 4.78 is 19.0. The quantitative estimate of drug-likeness (QED) is 0.698. The van der Waals surface area contributed by atoms with Crippen molar-refractivity contribution in [3.8, 4) is 0 Å². The van der Waals surface area contributed by atoms with Gasteiger partial charge in [-0.15, -0.1) is 0 Å². The minimum absolute atomic E-state index is 0.233. The monoisotopic (exact) mass is 288 g/mol. The van der Waals surface area contributed by atoms with Gasteiger partial charge >= 0.3 is 0 Å². The van der Waals surface area contributed by atoms with Crippen LogP contribution in [0.4, 0.5) is 4.39 Å². The van der Waals surface area contributed by atoms with Crippen LogP contribution in [0, 0.1) is 11.7 Å². The van der Waals surface area contributed by atoms with Gasteiger partial charge in [0.2, 0.25) is 0 Å². The lowest BCUT2D eigenvalue weighted by Gasteiger charge is -2.06. The molecule has 1 aromatic rings. The Morgan fingerprint density at radius 3 is 2.75 bits per heavy atom. The Labute approximate surface area is 105 Å². The zero-order chi connectivity index (χ0) is 12.0. The predicted molar refractivity (Wildman–Crippen MR) is 67.8 cm³/mol. The Morgan fingerprint density at radius 2 is 2.12 bits per heavy atom. The molecule has 1 aromatic carbocycles. The van der Waals surface area contributed by atoms with Crippen molar-refractivity contribution in [1.29, 1.82) is 0 Å². The second-order valence-electron chi connectivity index (χ2n) is 4.34. The van der Waals surface area contributed by atoms with Crippen molar-refractivity contribution in [2.24, 2.45) is 5.92 Å². The lowest BCUT2D eigenvalue weighted by atomic mass is 10.1. The molecular formula is C13H18BrFO. The van der Waals surface area contributed by atoms with Gasteiger partial charge in [0.1, 0.15) is 5.82 Å². The topological polar surface area (TPSA) is 9.23 Å². The number of hydrogen-bond acceptors (Lipinski definition) is 1. The van der Waals surface area contributed by atoms with Gasteiger partial charge in [0.15, 0.2) is 0 Å². The van der Waals surface area contributed by atoms with Crippen LogP contribution in [0.2, 0.25) is 0 Å². The fourth-order valence-electron chi connectivity index (χ4n) is 1.41. The smallest absolute Gasteiger partial charge is 0.137 e. The lowest BCUT2D eigenvalue weighted by Crippen LogP contribution is -1.98. The van der Waals surface area contributed by atoms with Crippen LogP contribution in [0.15, 0.2) is 22.7 Å². The number of hydrogen-bond donors (Lipinski definition) is 0. The molecule has 0 fully saturated rings. The third kappa shape index (κ3) is 5.08. The van der Waals surface area contributed by atoms with E-state index in [0.717, 1.165) is 24.5 Å². The van der Waals surface area contributed by atoms with E-state index in [1.54, 1.807) is 12.1 Å². The highest BCUT2D eigenvalue weighted by Crippen LogP contribution is 2.17. The van der Waals surface area contributed by atoms with Crippen LogP contribution in [0.25, 0.3) is 0 Å². The highest BCUT2D eigenvalue weighted by Gasteiger charge is 2.00. The summed E-state index contributed by atoms with van der Waals surface area (Å²) in [5.41, 5.74) is 0.998. The van der Waals surface area contributed by atoms with Gasteiger partial charge in [-0.1, -0.05) is 19.9 Å². The average Bonchev–Trinajstić information content (AvgIpc) is 2.22. The lowest BCUT2D eigenvalue weighted by molar-refractivity contribution is 0.115. The second-order valence-corrected chi connectivity index (χ2v) is 5.19. The van der Waals surface area contributed by atoms with Crippen molar-refractivity contribution in [3.63, 3.8) is 0 Å². The van der Waals surface area contributed by atoms with Crippen molar-refractivity contribution < 1.29 is 9.13 Å². The fraction of sp³-hybridized carbons (Fsp3) is 0.538. The standard InChI is InChI=1S/C13H18BrFO/c1-10(2)4-3-7-16-9-11-5-6-13(15)12(14)8-11/h5-6,8,10H,3-4,7,9H2,1-2H3. The maximum Gasteiger partial charge on any atom is 0.137 e. The van der Waals surface area contributed by atoms with Crippen molar-refractivity contribution in [3.05, 3.63) is 34.1 Å². The average molecular weight is 289 g/mol. The minimum Gasteiger partial charge on any atom is -0.377 e. The number of rotatable bonds is 6. The third-order valence-electron chi connectivity index (χ3n) is 2.32. The van der Waals surface area contributed by atoms with E-state index in [1.807, 2.05) is 0 Å². The molecule has 0 aliphatic rings. The van der Waals surface area contributed by atoms with Gasteiger partial charge < -0.3 is 4.74 Å². The normalized spacial score (nSPS) is 11.1. The van der Waals surface area contributed by atoms with E-state index in [4.69, 9.17) is 4.74 Å². The van der Waals surface area contributed by atoms with Crippen LogP contribution in [-0.2, 0) is 11.3 Å².